The molecular formula is C14H16OS. The van der Waals surface area contributed by atoms with Gasteiger partial charge in [0.15, 0.2) is 0 Å². The van der Waals surface area contributed by atoms with Crippen molar-refractivity contribution in [2.45, 2.75) is 18.7 Å². The Morgan fingerprint density at radius 1 is 0.750 bits per heavy atom. The van der Waals surface area contributed by atoms with Crippen LogP contribution in [0.1, 0.15) is 11.1 Å². The molecule has 0 aliphatic carbocycles. The summed E-state index contributed by atoms with van der Waals surface area (Å²) in [5, 5.41) is 8.76. The molecule has 0 aliphatic rings. The highest BCUT2D eigenvalue weighted by molar-refractivity contribution is 7.80. The predicted octanol–water partition coefficient (Wildman–Crippen LogP) is 3.98. The molecule has 1 nitrogen and oxygen atoms in total. The van der Waals surface area contributed by atoms with Crippen LogP contribution in [0.15, 0.2) is 53.4 Å². The molecule has 0 spiro atoms. The molecule has 0 aliphatic heterocycles. The largest absolute Gasteiger partial charge is 0.508 e. The van der Waals surface area contributed by atoms with Crippen molar-refractivity contribution in [3.05, 3.63) is 59.7 Å². The van der Waals surface area contributed by atoms with Crippen LogP contribution in [0.5, 0.6) is 5.75 Å². The van der Waals surface area contributed by atoms with E-state index in [1.807, 2.05) is 43.3 Å². The first-order valence-corrected chi connectivity index (χ1v) is 5.54. The van der Waals surface area contributed by atoms with Gasteiger partial charge in [-0.2, -0.15) is 0 Å². The fourth-order valence-electron chi connectivity index (χ4n) is 1.09. The van der Waals surface area contributed by atoms with E-state index in [1.54, 1.807) is 12.1 Å². The number of aryl methyl sites for hydroxylation is 2. The lowest BCUT2D eigenvalue weighted by atomic mass is 10.2. The van der Waals surface area contributed by atoms with E-state index >= 15 is 0 Å². The number of aromatic hydroxyl groups is 1. The van der Waals surface area contributed by atoms with Crippen molar-refractivity contribution >= 4 is 12.6 Å². The average Bonchev–Trinajstić information content (AvgIpc) is 2.28. The van der Waals surface area contributed by atoms with Crippen LogP contribution < -0.4 is 0 Å². The van der Waals surface area contributed by atoms with Crippen LogP contribution >= 0.6 is 12.6 Å². The minimum atomic E-state index is 0.329. The third-order valence-corrected chi connectivity index (χ3v) is 2.37. The molecule has 0 radical (unpaired) electrons. The molecule has 2 aromatic carbocycles. The maximum absolute atomic E-state index is 8.76. The fraction of sp³-hybridized carbons (Fsp3) is 0.143. The molecule has 1 N–H and O–H groups in total. The molecule has 2 heteroatoms. The molecule has 2 aromatic rings. The number of phenols is 1. The number of thiol groups is 1. The Morgan fingerprint density at radius 3 is 1.44 bits per heavy atom. The highest BCUT2D eigenvalue weighted by atomic mass is 32.1. The third kappa shape index (κ3) is 4.89. The molecule has 0 unspecified atom stereocenters. The standard InChI is InChI=1S/C7H8O.C7H8S/c2*1-6-2-4-7(8)5-3-6/h2*2-5,8H,1H3. The van der Waals surface area contributed by atoms with E-state index in [2.05, 4.69) is 19.6 Å². The van der Waals surface area contributed by atoms with Crippen molar-refractivity contribution in [1.82, 2.24) is 0 Å². The third-order valence-electron chi connectivity index (χ3n) is 2.07. The number of phenolic OH excluding ortho intramolecular Hbond substituents is 1. The van der Waals surface area contributed by atoms with E-state index in [9.17, 15) is 0 Å². The van der Waals surface area contributed by atoms with Gasteiger partial charge in [0.2, 0.25) is 0 Å². The summed E-state index contributed by atoms with van der Waals surface area (Å²) in [6.07, 6.45) is 0. The van der Waals surface area contributed by atoms with Crippen molar-refractivity contribution in [3.63, 3.8) is 0 Å². The van der Waals surface area contributed by atoms with Gasteiger partial charge in [-0.3, -0.25) is 0 Å². The Labute approximate surface area is 102 Å². The molecule has 0 saturated carbocycles. The van der Waals surface area contributed by atoms with Crippen LogP contribution in [0.3, 0.4) is 0 Å². The van der Waals surface area contributed by atoms with Gasteiger partial charge < -0.3 is 5.11 Å². The van der Waals surface area contributed by atoms with E-state index in [4.69, 9.17) is 5.11 Å². The molecule has 0 fully saturated rings. The lowest BCUT2D eigenvalue weighted by Gasteiger charge is -1.89. The van der Waals surface area contributed by atoms with Crippen LogP contribution in [-0.4, -0.2) is 5.11 Å². The first-order valence-electron chi connectivity index (χ1n) is 5.09. The lowest BCUT2D eigenvalue weighted by molar-refractivity contribution is 0.475. The van der Waals surface area contributed by atoms with Gasteiger partial charge >= 0.3 is 0 Å². The summed E-state index contributed by atoms with van der Waals surface area (Å²) in [6, 6.07) is 15.1. The van der Waals surface area contributed by atoms with Gasteiger partial charge in [-0.15, -0.1) is 12.6 Å². The molecule has 0 amide bonds. The Hall–Kier alpha value is -1.41. The van der Waals surface area contributed by atoms with Crippen LogP contribution in [-0.2, 0) is 0 Å². The summed E-state index contributed by atoms with van der Waals surface area (Å²) >= 11 is 4.13. The maximum atomic E-state index is 8.76. The summed E-state index contributed by atoms with van der Waals surface area (Å²) in [5.41, 5.74) is 2.45. The molecule has 16 heavy (non-hydrogen) atoms. The Morgan fingerprint density at radius 2 is 1.12 bits per heavy atom. The van der Waals surface area contributed by atoms with Crippen LogP contribution in [0.25, 0.3) is 0 Å². The predicted molar refractivity (Wildman–Crippen MR) is 71.3 cm³/mol. The molecule has 0 bridgehead atoms. The molecular weight excluding hydrogens is 216 g/mol. The number of benzene rings is 2. The monoisotopic (exact) mass is 232 g/mol. The number of rotatable bonds is 0. The highest BCUT2D eigenvalue weighted by Gasteiger charge is 1.82. The van der Waals surface area contributed by atoms with E-state index in [0.717, 1.165) is 4.90 Å². The van der Waals surface area contributed by atoms with Crippen molar-refractivity contribution in [1.29, 1.82) is 0 Å². The van der Waals surface area contributed by atoms with Crippen LogP contribution in [0.2, 0.25) is 0 Å². The summed E-state index contributed by atoms with van der Waals surface area (Å²) in [4.78, 5) is 1.02. The molecule has 2 rings (SSSR count). The van der Waals surface area contributed by atoms with Crippen molar-refractivity contribution in [2.24, 2.45) is 0 Å². The smallest absolute Gasteiger partial charge is 0.115 e. The average molecular weight is 232 g/mol. The van der Waals surface area contributed by atoms with Gasteiger partial charge in [0.1, 0.15) is 5.75 Å². The van der Waals surface area contributed by atoms with E-state index in [1.165, 1.54) is 11.1 Å². The first-order chi connectivity index (χ1) is 7.58. The summed E-state index contributed by atoms with van der Waals surface area (Å²) < 4.78 is 0. The minimum absolute atomic E-state index is 0.329. The van der Waals surface area contributed by atoms with E-state index in [-0.39, 0.29) is 0 Å². The quantitative estimate of drug-likeness (QED) is 0.658. The summed E-state index contributed by atoms with van der Waals surface area (Å²) in [6.45, 7) is 4.05. The van der Waals surface area contributed by atoms with E-state index in [0.29, 0.717) is 5.75 Å². The maximum Gasteiger partial charge on any atom is 0.115 e. The van der Waals surface area contributed by atoms with Crippen molar-refractivity contribution in [2.75, 3.05) is 0 Å². The van der Waals surface area contributed by atoms with Crippen molar-refractivity contribution in [3.8, 4) is 5.75 Å². The van der Waals surface area contributed by atoms with Crippen molar-refractivity contribution < 1.29 is 5.11 Å². The zero-order valence-corrected chi connectivity index (χ0v) is 10.4. The van der Waals surface area contributed by atoms with Crippen LogP contribution in [0, 0.1) is 13.8 Å². The Kier molecular flexibility index (Phi) is 4.93. The molecule has 84 valence electrons. The molecule has 0 aromatic heterocycles. The Balaban J connectivity index is 0.000000160. The van der Waals surface area contributed by atoms with Crippen LogP contribution in [0.4, 0.5) is 0 Å². The van der Waals surface area contributed by atoms with Gasteiger partial charge in [-0.05, 0) is 38.1 Å². The number of hydrogen-bond acceptors (Lipinski definition) is 2. The topological polar surface area (TPSA) is 20.2 Å². The fourth-order valence-corrected chi connectivity index (χ4v) is 1.24. The molecule has 0 atom stereocenters. The van der Waals surface area contributed by atoms with Gasteiger partial charge in [0, 0.05) is 4.90 Å². The Bertz CT molecular complexity index is 332. The number of hydrogen-bond donors (Lipinski definition) is 2. The highest BCUT2D eigenvalue weighted by Crippen LogP contribution is 2.07. The van der Waals surface area contributed by atoms with E-state index < -0.39 is 0 Å². The van der Waals surface area contributed by atoms with Gasteiger partial charge in [0.25, 0.3) is 0 Å². The zero-order valence-electron chi connectivity index (χ0n) is 9.51. The molecule has 0 saturated heterocycles. The molecule has 0 heterocycles. The second-order valence-electron chi connectivity index (χ2n) is 3.67. The normalized spacial score (nSPS) is 9.19. The SMILES string of the molecule is Cc1ccc(O)cc1.Cc1ccc(S)cc1. The zero-order chi connectivity index (χ0) is 12.0. The minimum Gasteiger partial charge on any atom is -0.508 e. The van der Waals surface area contributed by atoms with Gasteiger partial charge in [0.05, 0.1) is 0 Å². The first kappa shape index (κ1) is 12.7. The summed E-state index contributed by atoms with van der Waals surface area (Å²) in [5.74, 6) is 0.329. The van der Waals surface area contributed by atoms with Gasteiger partial charge in [-0.25, -0.2) is 0 Å². The summed E-state index contributed by atoms with van der Waals surface area (Å²) in [7, 11) is 0. The lowest BCUT2D eigenvalue weighted by Crippen LogP contribution is -1.67. The van der Waals surface area contributed by atoms with Gasteiger partial charge in [-0.1, -0.05) is 35.4 Å². The second-order valence-corrected chi connectivity index (χ2v) is 4.19. The second kappa shape index (κ2) is 6.23.